The van der Waals surface area contributed by atoms with Gasteiger partial charge in [0, 0.05) is 24.4 Å². The topological polar surface area (TPSA) is 92.8 Å². The number of nitrogens with one attached hydrogen (secondary N) is 1. The van der Waals surface area contributed by atoms with Crippen LogP contribution in [0.5, 0.6) is 0 Å². The van der Waals surface area contributed by atoms with E-state index in [2.05, 4.69) is 20.4 Å². The van der Waals surface area contributed by atoms with Crippen LogP contribution in [-0.4, -0.2) is 48.2 Å². The van der Waals surface area contributed by atoms with E-state index in [4.69, 9.17) is 14.1 Å². The van der Waals surface area contributed by atoms with Gasteiger partial charge in [0.2, 0.25) is 11.4 Å². The van der Waals surface area contributed by atoms with Gasteiger partial charge < -0.3 is 14.1 Å². The fourth-order valence-electron chi connectivity index (χ4n) is 3.81. The summed E-state index contributed by atoms with van der Waals surface area (Å²) in [5.41, 5.74) is 7.00. The van der Waals surface area contributed by atoms with Gasteiger partial charge >= 0.3 is 0 Å². The standard InChI is InChI=1S/C22H23N5O3S/c1-14-2-3-19-16(10-14)20(28)15(12-30-19)11-23-26-22-24-18-4-9-31-13-17(18)21(25-22)27-5-7-29-8-6-27/h2-3,10-12H,4-9,13H2,1H3,(H,24,25,26)/b23-11+. The molecule has 0 saturated carbocycles. The third-order valence-electron chi connectivity index (χ3n) is 5.43. The highest BCUT2D eigenvalue weighted by atomic mass is 32.2. The number of ether oxygens (including phenoxy) is 1. The lowest BCUT2D eigenvalue weighted by atomic mass is 10.1. The van der Waals surface area contributed by atoms with Crippen LogP contribution in [0.1, 0.15) is 22.4 Å². The monoisotopic (exact) mass is 437 g/mol. The minimum Gasteiger partial charge on any atom is -0.463 e. The van der Waals surface area contributed by atoms with Crippen LogP contribution in [0, 0.1) is 6.92 Å². The van der Waals surface area contributed by atoms with E-state index in [1.807, 2.05) is 30.8 Å². The smallest absolute Gasteiger partial charge is 0.245 e. The van der Waals surface area contributed by atoms with Crippen LogP contribution in [-0.2, 0) is 16.9 Å². The van der Waals surface area contributed by atoms with Crippen LogP contribution in [0.4, 0.5) is 11.8 Å². The Balaban J connectivity index is 1.42. The van der Waals surface area contributed by atoms with Crippen LogP contribution in [0.3, 0.4) is 0 Å². The van der Waals surface area contributed by atoms with Crippen LogP contribution in [0.15, 0.2) is 38.8 Å². The van der Waals surface area contributed by atoms with Gasteiger partial charge in [0.1, 0.15) is 17.7 Å². The summed E-state index contributed by atoms with van der Waals surface area (Å²) in [6, 6.07) is 5.54. The molecule has 1 aromatic carbocycles. The molecule has 2 aliphatic rings. The summed E-state index contributed by atoms with van der Waals surface area (Å²) in [4.78, 5) is 24.4. The molecule has 0 atom stereocenters. The highest BCUT2D eigenvalue weighted by Gasteiger charge is 2.23. The number of thioether (sulfide) groups is 1. The molecule has 1 N–H and O–H groups in total. The van der Waals surface area contributed by atoms with E-state index in [1.165, 1.54) is 18.0 Å². The number of rotatable bonds is 4. The minimum atomic E-state index is -0.118. The molecule has 9 heteroatoms. The SMILES string of the molecule is Cc1ccc2occ(/C=N/Nc3nc4c(c(N5CCOCC5)n3)CSCC4)c(=O)c2c1. The predicted octanol–water partition coefficient (Wildman–Crippen LogP) is 2.96. The second kappa shape index (κ2) is 8.68. The second-order valence-corrected chi connectivity index (χ2v) is 8.69. The van der Waals surface area contributed by atoms with Crippen LogP contribution in [0.2, 0.25) is 0 Å². The fraction of sp³-hybridized carbons (Fsp3) is 0.364. The third-order valence-corrected chi connectivity index (χ3v) is 6.42. The van der Waals surface area contributed by atoms with Gasteiger partial charge in [-0.2, -0.15) is 21.8 Å². The van der Waals surface area contributed by atoms with Crippen molar-refractivity contribution in [1.29, 1.82) is 0 Å². The van der Waals surface area contributed by atoms with Crippen molar-refractivity contribution in [2.45, 2.75) is 19.1 Å². The third kappa shape index (κ3) is 4.15. The first kappa shape index (κ1) is 20.0. The number of anilines is 2. The van der Waals surface area contributed by atoms with E-state index in [9.17, 15) is 4.79 Å². The van der Waals surface area contributed by atoms with Crippen molar-refractivity contribution in [2.75, 3.05) is 42.4 Å². The summed E-state index contributed by atoms with van der Waals surface area (Å²) in [6.07, 6.45) is 3.79. The van der Waals surface area contributed by atoms with Gasteiger partial charge in [-0.25, -0.2) is 10.4 Å². The zero-order valence-corrected chi connectivity index (χ0v) is 18.1. The lowest BCUT2D eigenvalue weighted by molar-refractivity contribution is 0.122. The summed E-state index contributed by atoms with van der Waals surface area (Å²) < 4.78 is 11.1. The molecular weight excluding hydrogens is 414 g/mol. The zero-order chi connectivity index (χ0) is 21.2. The Morgan fingerprint density at radius 1 is 1.26 bits per heavy atom. The molecule has 0 spiro atoms. The van der Waals surface area contributed by atoms with Gasteiger partial charge in [-0.1, -0.05) is 11.6 Å². The summed E-state index contributed by atoms with van der Waals surface area (Å²) in [5.74, 6) is 3.36. The first-order valence-corrected chi connectivity index (χ1v) is 11.5. The minimum absolute atomic E-state index is 0.118. The number of benzene rings is 1. The van der Waals surface area contributed by atoms with Gasteiger partial charge in [0.15, 0.2) is 0 Å². The van der Waals surface area contributed by atoms with Crippen molar-refractivity contribution >= 4 is 40.7 Å². The Kier molecular flexibility index (Phi) is 5.61. The van der Waals surface area contributed by atoms with Gasteiger partial charge in [-0.3, -0.25) is 4.79 Å². The first-order chi connectivity index (χ1) is 15.2. The Bertz CT molecular complexity index is 1200. The number of fused-ring (bicyclic) bond motifs is 2. The van der Waals surface area contributed by atoms with Gasteiger partial charge in [-0.15, -0.1) is 0 Å². The predicted molar refractivity (Wildman–Crippen MR) is 123 cm³/mol. The molecule has 160 valence electrons. The lowest BCUT2D eigenvalue weighted by Crippen LogP contribution is -2.38. The van der Waals surface area contributed by atoms with Crippen molar-refractivity contribution in [2.24, 2.45) is 5.10 Å². The van der Waals surface area contributed by atoms with Crippen LogP contribution < -0.4 is 15.8 Å². The van der Waals surface area contributed by atoms with Crippen molar-refractivity contribution < 1.29 is 9.15 Å². The molecule has 0 unspecified atom stereocenters. The Morgan fingerprint density at radius 3 is 3.00 bits per heavy atom. The van der Waals surface area contributed by atoms with Crippen LogP contribution >= 0.6 is 11.8 Å². The van der Waals surface area contributed by atoms with E-state index < -0.39 is 0 Å². The molecule has 0 radical (unpaired) electrons. The van der Waals surface area contributed by atoms with Gasteiger partial charge in [0.25, 0.3) is 0 Å². The maximum atomic E-state index is 12.7. The number of nitrogens with zero attached hydrogens (tertiary/aromatic N) is 4. The van der Waals surface area contributed by atoms with E-state index >= 15 is 0 Å². The maximum Gasteiger partial charge on any atom is 0.245 e. The molecular formula is C22H23N5O3S. The Hall–Kier alpha value is -2.91. The molecule has 1 saturated heterocycles. The number of aryl methyl sites for hydroxylation is 2. The summed E-state index contributed by atoms with van der Waals surface area (Å²) in [7, 11) is 0. The van der Waals surface area contributed by atoms with Crippen molar-refractivity contribution in [3.8, 4) is 0 Å². The van der Waals surface area contributed by atoms with E-state index in [0.717, 1.165) is 48.1 Å². The Morgan fingerprint density at radius 2 is 2.13 bits per heavy atom. The van der Waals surface area contributed by atoms with Crippen LogP contribution in [0.25, 0.3) is 11.0 Å². The van der Waals surface area contributed by atoms with Crippen molar-refractivity contribution in [1.82, 2.24) is 9.97 Å². The number of hydrazone groups is 1. The zero-order valence-electron chi connectivity index (χ0n) is 17.3. The summed E-state index contributed by atoms with van der Waals surface area (Å²) in [6.45, 7) is 4.97. The summed E-state index contributed by atoms with van der Waals surface area (Å²) in [5, 5.41) is 4.77. The molecule has 8 nitrogen and oxygen atoms in total. The average Bonchev–Trinajstić information content (AvgIpc) is 2.81. The molecule has 3 aromatic rings. The molecule has 2 aliphatic heterocycles. The molecule has 1 fully saturated rings. The first-order valence-electron chi connectivity index (χ1n) is 10.3. The molecule has 0 amide bonds. The lowest BCUT2D eigenvalue weighted by Gasteiger charge is -2.31. The average molecular weight is 438 g/mol. The molecule has 5 rings (SSSR count). The number of morpholine rings is 1. The number of hydrogen-bond acceptors (Lipinski definition) is 9. The second-order valence-electron chi connectivity index (χ2n) is 7.59. The van der Waals surface area contributed by atoms with E-state index in [0.29, 0.717) is 35.7 Å². The molecule has 4 heterocycles. The Labute approximate surface area is 183 Å². The molecule has 0 aliphatic carbocycles. The molecule has 0 bridgehead atoms. The van der Waals surface area contributed by atoms with Crippen molar-refractivity contribution in [3.05, 3.63) is 57.1 Å². The number of aromatic nitrogens is 2. The van der Waals surface area contributed by atoms with Gasteiger partial charge in [0.05, 0.1) is 36.1 Å². The van der Waals surface area contributed by atoms with E-state index in [-0.39, 0.29) is 5.43 Å². The molecule has 31 heavy (non-hydrogen) atoms. The van der Waals surface area contributed by atoms with Gasteiger partial charge in [-0.05, 0) is 31.2 Å². The highest BCUT2D eigenvalue weighted by Crippen LogP contribution is 2.31. The largest absolute Gasteiger partial charge is 0.463 e. The highest BCUT2D eigenvalue weighted by molar-refractivity contribution is 7.98. The number of hydrogen-bond donors (Lipinski definition) is 1. The van der Waals surface area contributed by atoms with Crippen molar-refractivity contribution in [3.63, 3.8) is 0 Å². The quantitative estimate of drug-likeness (QED) is 0.492. The molecule has 2 aromatic heterocycles. The normalized spacial score (nSPS) is 16.6. The fourth-order valence-corrected chi connectivity index (χ4v) is 4.79. The van der Waals surface area contributed by atoms with E-state index in [1.54, 1.807) is 6.07 Å². The summed E-state index contributed by atoms with van der Waals surface area (Å²) >= 11 is 1.91. The maximum absolute atomic E-state index is 12.7.